The van der Waals surface area contributed by atoms with Crippen molar-refractivity contribution in [2.45, 2.75) is 27.2 Å². The molecule has 0 aromatic heterocycles. The van der Waals surface area contributed by atoms with E-state index in [2.05, 4.69) is 4.74 Å². The minimum absolute atomic E-state index is 0.136. The maximum absolute atomic E-state index is 11.1. The molecule has 0 amide bonds. The third kappa shape index (κ3) is 2.90. The van der Waals surface area contributed by atoms with Crippen LogP contribution in [0.4, 0.5) is 0 Å². The Bertz CT molecular complexity index is 261. The second-order valence-electron chi connectivity index (χ2n) is 2.97. The largest absolute Gasteiger partial charge is 0.465 e. The Morgan fingerprint density at radius 3 is 2.46 bits per heavy atom. The van der Waals surface area contributed by atoms with E-state index in [0.29, 0.717) is 0 Å². The van der Waals surface area contributed by atoms with Crippen molar-refractivity contribution in [3.63, 3.8) is 0 Å². The standard InChI is InChI=1S/C10H15NO2/c1-5-7(2)8(3)9(6-11)10(12)13-4/h7H,5H2,1-4H3/b9-8+. The lowest BCUT2D eigenvalue weighted by Gasteiger charge is -2.10. The Morgan fingerprint density at radius 2 is 2.15 bits per heavy atom. The van der Waals surface area contributed by atoms with Crippen LogP contribution in [0.2, 0.25) is 0 Å². The zero-order valence-electron chi connectivity index (χ0n) is 8.55. The smallest absolute Gasteiger partial charge is 0.348 e. The van der Waals surface area contributed by atoms with Crippen molar-refractivity contribution in [1.82, 2.24) is 0 Å². The first kappa shape index (κ1) is 11.7. The van der Waals surface area contributed by atoms with E-state index in [1.807, 2.05) is 19.9 Å². The van der Waals surface area contributed by atoms with Crippen LogP contribution in [0.5, 0.6) is 0 Å². The molecule has 13 heavy (non-hydrogen) atoms. The van der Waals surface area contributed by atoms with Gasteiger partial charge in [0.15, 0.2) is 0 Å². The molecule has 3 heteroatoms. The van der Waals surface area contributed by atoms with Crippen LogP contribution in [0.25, 0.3) is 0 Å². The number of hydrogen-bond acceptors (Lipinski definition) is 3. The van der Waals surface area contributed by atoms with Crippen LogP contribution < -0.4 is 0 Å². The van der Waals surface area contributed by atoms with Gasteiger partial charge in [-0.15, -0.1) is 0 Å². The molecule has 0 saturated carbocycles. The predicted octanol–water partition coefficient (Wildman–Crippen LogP) is 2.05. The van der Waals surface area contributed by atoms with E-state index in [0.717, 1.165) is 12.0 Å². The number of esters is 1. The highest BCUT2D eigenvalue weighted by molar-refractivity contribution is 5.93. The number of carbonyl (C=O) groups excluding carboxylic acids is 1. The van der Waals surface area contributed by atoms with Gasteiger partial charge in [-0.2, -0.15) is 5.26 Å². The number of carbonyl (C=O) groups is 1. The van der Waals surface area contributed by atoms with E-state index in [1.165, 1.54) is 7.11 Å². The molecule has 0 aliphatic rings. The van der Waals surface area contributed by atoms with E-state index >= 15 is 0 Å². The van der Waals surface area contributed by atoms with Crippen molar-refractivity contribution in [3.05, 3.63) is 11.1 Å². The van der Waals surface area contributed by atoms with E-state index in [9.17, 15) is 4.79 Å². The number of ether oxygens (including phenoxy) is 1. The molecule has 0 aromatic rings. The summed E-state index contributed by atoms with van der Waals surface area (Å²) in [7, 11) is 1.28. The third-order valence-corrected chi connectivity index (χ3v) is 2.25. The topological polar surface area (TPSA) is 50.1 Å². The molecule has 0 radical (unpaired) electrons. The lowest BCUT2D eigenvalue weighted by molar-refractivity contribution is -0.135. The lowest BCUT2D eigenvalue weighted by atomic mass is 9.95. The van der Waals surface area contributed by atoms with Gasteiger partial charge in [0.2, 0.25) is 0 Å². The van der Waals surface area contributed by atoms with Crippen LogP contribution in [0.15, 0.2) is 11.1 Å². The summed E-state index contributed by atoms with van der Waals surface area (Å²) in [6.45, 7) is 5.79. The molecule has 0 aromatic carbocycles. The zero-order valence-corrected chi connectivity index (χ0v) is 8.55. The molecule has 1 unspecified atom stereocenters. The van der Waals surface area contributed by atoms with Crippen LogP contribution in [0.1, 0.15) is 27.2 Å². The molecule has 0 saturated heterocycles. The average Bonchev–Trinajstić information content (AvgIpc) is 2.17. The van der Waals surface area contributed by atoms with Crippen LogP contribution in [0, 0.1) is 17.2 Å². The first-order chi connectivity index (χ1) is 6.08. The fourth-order valence-corrected chi connectivity index (χ4v) is 0.949. The summed E-state index contributed by atoms with van der Waals surface area (Å²) >= 11 is 0. The highest BCUT2D eigenvalue weighted by Crippen LogP contribution is 2.18. The van der Waals surface area contributed by atoms with Crippen molar-refractivity contribution in [2.24, 2.45) is 5.92 Å². The van der Waals surface area contributed by atoms with E-state index in [-0.39, 0.29) is 11.5 Å². The van der Waals surface area contributed by atoms with Crippen molar-refractivity contribution < 1.29 is 9.53 Å². The van der Waals surface area contributed by atoms with E-state index < -0.39 is 5.97 Å². The second kappa shape index (κ2) is 5.36. The summed E-state index contributed by atoms with van der Waals surface area (Å²) in [6, 6.07) is 1.87. The third-order valence-electron chi connectivity index (χ3n) is 2.25. The van der Waals surface area contributed by atoms with Gasteiger partial charge in [-0.05, 0) is 24.8 Å². The van der Waals surface area contributed by atoms with Crippen molar-refractivity contribution in [1.29, 1.82) is 5.26 Å². The summed E-state index contributed by atoms with van der Waals surface area (Å²) in [5, 5.41) is 8.73. The monoisotopic (exact) mass is 181 g/mol. The average molecular weight is 181 g/mol. The Kier molecular flexibility index (Phi) is 4.83. The first-order valence-electron chi connectivity index (χ1n) is 4.27. The molecule has 0 N–H and O–H groups in total. The molecule has 0 bridgehead atoms. The number of hydrogen-bond donors (Lipinski definition) is 0. The molecule has 0 aliphatic carbocycles. The Morgan fingerprint density at radius 1 is 1.62 bits per heavy atom. The molecule has 0 spiro atoms. The number of nitrogens with zero attached hydrogens (tertiary/aromatic N) is 1. The highest BCUT2D eigenvalue weighted by atomic mass is 16.5. The van der Waals surface area contributed by atoms with Gasteiger partial charge in [0.25, 0.3) is 0 Å². The molecular formula is C10H15NO2. The van der Waals surface area contributed by atoms with Crippen LogP contribution in [0.3, 0.4) is 0 Å². The van der Waals surface area contributed by atoms with Crippen LogP contribution in [-0.2, 0) is 9.53 Å². The summed E-state index contributed by atoms with van der Waals surface area (Å²) < 4.78 is 4.50. The van der Waals surface area contributed by atoms with Crippen LogP contribution in [-0.4, -0.2) is 13.1 Å². The number of rotatable bonds is 3. The van der Waals surface area contributed by atoms with Gasteiger partial charge < -0.3 is 4.74 Å². The SMILES string of the molecule is CCC(C)/C(C)=C(\C#N)C(=O)OC. The molecule has 1 atom stereocenters. The Hall–Kier alpha value is -1.30. The van der Waals surface area contributed by atoms with Gasteiger partial charge >= 0.3 is 5.97 Å². The minimum atomic E-state index is -0.541. The van der Waals surface area contributed by atoms with Crippen molar-refractivity contribution in [2.75, 3.05) is 7.11 Å². The first-order valence-corrected chi connectivity index (χ1v) is 4.27. The van der Waals surface area contributed by atoms with E-state index in [1.54, 1.807) is 6.92 Å². The highest BCUT2D eigenvalue weighted by Gasteiger charge is 2.15. The molecule has 0 rings (SSSR count). The number of allylic oxidation sites excluding steroid dienone is 1. The van der Waals surface area contributed by atoms with Crippen molar-refractivity contribution >= 4 is 5.97 Å². The quantitative estimate of drug-likeness (QED) is 0.380. The maximum atomic E-state index is 11.1. The maximum Gasteiger partial charge on any atom is 0.348 e. The summed E-state index contributed by atoms with van der Waals surface area (Å²) in [5.41, 5.74) is 0.939. The molecular weight excluding hydrogens is 166 g/mol. The fourth-order valence-electron chi connectivity index (χ4n) is 0.949. The van der Waals surface area contributed by atoms with Gasteiger partial charge in [-0.3, -0.25) is 0 Å². The summed E-state index contributed by atoms with van der Waals surface area (Å²) in [5.74, 6) is -0.297. The number of methoxy groups -OCH3 is 1. The van der Waals surface area contributed by atoms with Gasteiger partial charge in [0, 0.05) is 0 Å². The summed E-state index contributed by atoms with van der Waals surface area (Å²) in [4.78, 5) is 11.1. The minimum Gasteiger partial charge on any atom is -0.465 e. The Labute approximate surface area is 79.0 Å². The molecule has 0 fully saturated rings. The molecule has 0 aliphatic heterocycles. The fraction of sp³-hybridized carbons (Fsp3) is 0.600. The van der Waals surface area contributed by atoms with E-state index in [4.69, 9.17) is 5.26 Å². The Balaban J connectivity index is 4.92. The second-order valence-corrected chi connectivity index (χ2v) is 2.97. The van der Waals surface area contributed by atoms with Gasteiger partial charge in [0.1, 0.15) is 11.6 Å². The molecule has 72 valence electrons. The normalized spacial score (nSPS) is 14.1. The van der Waals surface area contributed by atoms with Gasteiger partial charge in [-0.25, -0.2) is 4.79 Å². The van der Waals surface area contributed by atoms with Crippen LogP contribution >= 0.6 is 0 Å². The molecule has 3 nitrogen and oxygen atoms in total. The zero-order chi connectivity index (χ0) is 10.4. The lowest BCUT2D eigenvalue weighted by Crippen LogP contribution is -2.08. The molecule has 0 heterocycles. The van der Waals surface area contributed by atoms with Crippen molar-refractivity contribution in [3.8, 4) is 6.07 Å². The van der Waals surface area contributed by atoms with Gasteiger partial charge in [0.05, 0.1) is 7.11 Å². The summed E-state index contributed by atoms with van der Waals surface area (Å²) in [6.07, 6.45) is 0.911. The number of nitriles is 1. The predicted molar refractivity (Wildman–Crippen MR) is 49.8 cm³/mol. The van der Waals surface area contributed by atoms with Gasteiger partial charge in [-0.1, -0.05) is 13.8 Å².